The van der Waals surface area contributed by atoms with Crippen LogP contribution in [0.25, 0.3) is 0 Å². The van der Waals surface area contributed by atoms with Crippen LogP contribution in [0.5, 0.6) is 0 Å². The standard InChI is InChI=1S/C21H20ClFN4S/c22-17-5-3-4-16(12-17)14-28-21-13-20(24-15-25-21)27-10-8-26(9-11-27)19-7-2-1-6-18(19)23/h1-7,12-13,15H,8-11,14H2. The fourth-order valence-electron chi connectivity index (χ4n) is 3.25. The van der Waals surface area contributed by atoms with Crippen molar-refractivity contribution in [1.82, 2.24) is 9.97 Å². The summed E-state index contributed by atoms with van der Waals surface area (Å²) in [6.07, 6.45) is 1.61. The van der Waals surface area contributed by atoms with Crippen molar-refractivity contribution < 1.29 is 4.39 Å². The summed E-state index contributed by atoms with van der Waals surface area (Å²) in [4.78, 5) is 13.1. The van der Waals surface area contributed by atoms with E-state index in [4.69, 9.17) is 11.6 Å². The molecule has 3 aromatic rings. The van der Waals surface area contributed by atoms with E-state index in [1.165, 1.54) is 6.07 Å². The first kappa shape index (κ1) is 19.0. The first-order chi connectivity index (χ1) is 13.7. The second-order valence-electron chi connectivity index (χ2n) is 6.56. The van der Waals surface area contributed by atoms with E-state index in [1.807, 2.05) is 36.4 Å². The monoisotopic (exact) mass is 414 g/mol. The van der Waals surface area contributed by atoms with E-state index in [0.29, 0.717) is 5.69 Å². The first-order valence-corrected chi connectivity index (χ1v) is 10.5. The molecule has 0 unspecified atom stereocenters. The summed E-state index contributed by atoms with van der Waals surface area (Å²) < 4.78 is 14.0. The van der Waals surface area contributed by atoms with E-state index in [0.717, 1.165) is 53.4 Å². The highest BCUT2D eigenvalue weighted by molar-refractivity contribution is 7.98. The lowest BCUT2D eigenvalue weighted by molar-refractivity contribution is 0.595. The molecule has 1 aliphatic heterocycles. The van der Waals surface area contributed by atoms with Gasteiger partial charge in [-0.2, -0.15) is 0 Å². The Balaban J connectivity index is 1.38. The zero-order chi connectivity index (χ0) is 19.3. The van der Waals surface area contributed by atoms with Gasteiger partial charge in [-0.1, -0.05) is 35.9 Å². The predicted molar refractivity (Wildman–Crippen MR) is 114 cm³/mol. The van der Waals surface area contributed by atoms with Crippen molar-refractivity contribution in [1.29, 1.82) is 0 Å². The molecule has 28 heavy (non-hydrogen) atoms. The molecule has 0 aliphatic carbocycles. The summed E-state index contributed by atoms with van der Waals surface area (Å²) in [6, 6.07) is 16.8. The van der Waals surface area contributed by atoms with Crippen molar-refractivity contribution in [2.24, 2.45) is 0 Å². The van der Waals surface area contributed by atoms with Gasteiger partial charge in [-0.25, -0.2) is 14.4 Å². The minimum absolute atomic E-state index is 0.169. The fraction of sp³-hybridized carbons (Fsp3) is 0.238. The van der Waals surface area contributed by atoms with Crippen LogP contribution in [0.15, 0.2) is 66.0 Å². The second kappa shape index (κ2) is 8.80. The van der Waals surface area contributed by atoms with Crippen molar-refractivity contribution in [3.05, 3.63) is 77.3 Å². The Kier molecular flexibility index (Phi) is 5.98. The van der Waals surface area contributed by atoms with E-state index in [9.17, 15) is 4.39 Å². The minimum Gasteiger partial charge on any atom is -0.366 e. The SMILES string of the molecule is Fc1ccccc1N1CCN(c2cc(SCc3cccc(Cl)c3)ncn2)CC1. The Morgan fingerprint density at radius 3 is 2.50 bits per heavy atom. The van der Waals surface area contributed by atoms with Gasteiger partial charge in [-0.3, -0.25) is 0 Å². The Hall–Kier alpha value is -2.31. The number of rotatable bonds is 5. The van der Waals surface area contributed by atoms with Crippen molar-refractivity contribution in [2.75, 3.05) is 36.0 Å². The molecule has 1 aromatic heterocycles. The number of thioether (sulfide) groups is 1. The third-order valence-corrected chi connectivity index (χ3v) is 5.93. The number of halogens is 2. The summed E-state index contributed by atoms with van der Waals surface area (Å²) in [5, 5.41) is 1.68. The average Bonchev–Trinajstić information content (AvgIpc) is 2.73. The van der Waals surface area contributed by atoms with Crippen LogP contribution < -0.4 is 9.80 Å². The Morgan fingerprint density at radius 1 is 0.929 bits per heavy atom. The van der Waals surface area contributed by atoms with Crippen LogP contribution in [0.1, 0.15) is 5.56 Å². The highest BCUT2D eigenvalue weighted by Gasteiger charge is 2.20. The summed E-state index contributed by atoms with van der Waals surface area (Å²) in [6.45, 7) is 3.11. The van der Waals surface area contributed by atoms with Crippen LogP contribution in [0.2, 0.25) is 5.02 Å². The number of piperazine rings is 1. The van der Waals surface area contributed by atoms with E-state index in [2.05, 4.69) is 25.8 Å². The van der Waals surface area contributed by atoms with Gasteiger partial charge in [0.05, 0.1) is 5.69 Å². The lowest BCUT2D eigenvalue weighted by Gasteiger charge is -2.36. The molecular weight excluding hydrogens is 395 g/mol. The molecule has 0 saturated carbocycles. The molecule has 1 fully saturated rings. The van der Waals surface area contributed by atoms with Gasteiger partial charge in [0.25, 0.3) is 0 Å². The van der Waals surface area contributed by atoms with Gasteiger partial charge >= 0.3 is 0 Å². The molecule has 1 aliphatic rings. The maximum Gasteiger partial charge on any atom is 0.146 e. The number of hydrogen-bond acceptors (Lipinski definition) is 5. The van der Waals surface area contributed by atoms with E-state index in [-0.39, 0.29) is 5.82 Å². The minimum atomic E-state index is -0.169. The maximum atomic E-state index is 14.0. The zero-order valence-corrected chi connectivity index (χ0v) is 16.8. The van der Waals surface area contributed by atoms with Crippen molar-refractivity contribution >= 4 is 34.9 Å². The Labute approximate surface area is 173 Å². The lowest BCUT2D eigenvalue weighted by atomic mass is 10.2. The third kappa shape index (κ3) is 4.56. The molecule has 7 heteroatoms. The molecule has 0 radical (unpaired) electrons. The maximum absolute atomic E-state index is 14.0. The molecule has 0 atom stereocenters. The molecule has 0 N–H and O–H groups in total. The topological polar surface area (TPSA) is 32.3 Å². The van der Waals surface area contributed by atoms with Gasteiger partial charge in [0, 0.05) is 43.0 Å². The summed E-state index contributed by atoms with van der Waals surface area (Å²) in [7, 11) is 0. The molecule has 0 bridgehead atoms. The van der Waals surface area contributed by atoms with Crippen LogP contribution in [-0.2, 0) is 5.75 Å². The van der Waals surface area contributed by atoms with E-state index in [1.54, 1.807) is 24.2 Å². The summed E-state index contributed by atoms with van der Waals surface area (Å²) in [5.41, 5.74) is 1.83. The van der Waals surface area contributed by atoms with Gasteiger partial charge in [-0.15, -0.1) is 11.8 Å². The quantitative estimate of drug-likeness (QED) is 0.438. The predicted octanol–water partition coefficient (Wildman–Crippen LogP) is 4.89. The van der Waals surface area contributed by atoms with Crippen molar-refractivity contribution in [2.45, 2.75) is 10.8 Å². The third-order valence-electron chi connectivity index (χ3n) is 4.70. The molecule has 2 aromatic carbocycles. The molecular formula is C21H20ClFN4S. The number of aromatic nitrogens is 2. The summed E-state index contributed by atoms with van der Waals surface area (Å²) >= 11 is 7.71. The number of anilines is 2. The highest BCUT2D eigenvalue weighted by atomic mass is 35.5. The van der Waals surface area contributed by atoms with E-state index < -0.39 is 0 Å². The van der Waals surface area contributed by atoms with Crippen LogP contribution in [0, 0.1) is 5.82 Å². The number of para-hydroxylation sites is 1. The normalized spacial score (nSPS) is 14.4. The Morgan fingerprint density at radius 2 is 1.71 bits per heavy atom. The molecule has 1 saturated heterocycles. The van der Waals surface area contributed by atoms with Crippen molar-refractivity contribution in [3.63, 3.8) is 0 Å². The molecule has 4 nitrogen and oxygen atoms in total. The average molecular weight is 415 g/mol. The smallest absolute Gasteiger partial charge is 0.146 e. The Bertz CT molecular complexity index is 947. The van der Waals surface area contributed by atoms with Crippen LogP contribution >= 0.6 is 23.4 Å². The second-order valence-corrected chi connectivity index (χ2v) is 7.99. The van der Waals surface area contributed by atoms with Gasteiger partial charge in [0.1, 0.15) is 23.0 Å². The molecule has 0 spiro atoms. The molecule has 4 rings (SSSR count). The van der Waals surface area contributed by atoms with Crippen molar-refractivity contribution in [3.8, 4) is 0 Å². The van der Waals surface area contributed by atoms with Crippen LogP contribution in [0.4, 0.5) is 15.9 Å². The summed E-state index contributed by atoms with van der Waals surface area (Å²) in [5.74, 6) is 1.55. The van der Waals surface area contributed by atoms with Gasteiger partial charge in [0.2, 0.25) is 0 Å². The van der Waals surface area contributed by atoms with Gasteiger partial charge < -0.3 is 9.80 Å². The number of nitrogens with zero attached hydrogens (tertiary/aromatic N) is 4. The lowest BCUT2D eigenvalue weighted by Crippen LogP contribution is -2.47. The van der Waals surface area contributed by atoms with E-state index >= 15 is 0 Å². The molecule has 2 heterocycles. The van der Waals surface area contributed by atoms with Crippen LogP contribution in [-0.4, -0.2) is 36.1 Å². The van der Waals surface area contributed by atoms with Gasteiger partial charge in [0.15, 0.2) is 0 Å². The number of hydrogen-bond donors (Lipinski definition) is 0. The molecule has 0 amide bonds. The zero-order valence-electron chi connectivity index (χ0n) is 15.3. The fourth-order valence-corrected chi connectivity index (χ4v) is 4.27. The molecule has 144 valence electrons. The highest BCUT2D eigenvalue weighted by Crippen LogP contribution is 2.26. The first-order valence-electron chi connectivity index (χ1n) is 9.13. The number of benzene rings is 2. The largest absolute Gasteiger partial charge is 0.366 e. The van der Waals surface area contributed by atoms with Crippen LogP contribution in [0.3, 0.4) is 0 Å². The van der Waals surface area contributed by atoms with Gasteiger partial charge in [-0.05, 0) is 29.8 Å².